The summed E-state index contributed by atoms with van der Waals surface area (Å²) in [5, 5.41) is 2.11. The summed E-state index contributed by atoms with van der Waals surface area (Å²) in [6.07, 6.45) is 2.70. The van der Waals surface area contributed by atoms with Crippen molar-refractivity contribution in [1.29, 1.82) is 0 Å². The van der Waals surface area contributed by atoms with E-state index in [1.807, 2.05) is 25.3 Å². The first-order chi connectivity index (χ1) is 9.67. The van der Waals surface area contributed by atoms with Gasteiger partial charge in [0.25, 0.3) is 0 Å². The lowest BCUT2D eigenvalue weighted by Crippen LogP contribution is -1.91. The topological polar surface area (TPSA) is 64.7 Å². The van der Waals surface area contributed by atoms with E-state index in [1.54, 1.807) is 11.8 Å². The van der Waals surface area contributed by atoms with Crippen molar-refractivity contribution in [2.75, 3.05) is 5.73 Å². The summed E-state index contributed by atoms with van der Waals surface area (Å²) in [7, 11) is 0. The fourth-order valence-electron chi connectivity index (χ4n) is 1.94. The van der Waals surface area contributed by atoms with E-state index in [-0.39, 0.29) is 0 Å². The van der Waals surface area contributed by atoms with Gasteiger partial charge in [-0.15, -0.1) is 0 Å². The summed E-state index contributed by atoms with van der Waals surface area (Å²) in [4.78, 5) is 9.96. The van der Waals surface area contributed by atoms with Gasteiger partial charge in [-0.1, -0.05) is 18.7 Å². The molecule has 0 atom stereocenters. The first kappa shape index (κ1) is 13.3. The lowest BCUT2D eigenvalue weighted by molar-refractivity contribution is 0.972. The van der Waals surface area contributed by atoms with Crippen molar-refractivity contribution in [3.63, 3.8) is 0 Å². The SMILES string of the molecule is CCc1nsc(Sc2ccc(N)c3cnc(C)cc23)n1. The lowest BCUT2D eigenvalue weighted by atomic mass is 10.1. The van der Waals surface area contributed by atoms with Gasteiger partial charge < -0.3 is 5.73 Å². The van der Waals surface area contributed by atoms with Gasteiger partial charge in [0.05, 0.1) is 0 Å². The molecule has 0 unspecified atom stereocenters. The molecule has 0 aliphatic heterocycles. The summed E-state index contributed by atoms with van der Waals surface area (Å²) in [5.41, 5.74) is 7.76. The van der Waals surface area contributed by atoms with Crippen LogP contribution >= 0.6 is 23.3 Å². The normalized spacial score (nSPS) is 11.1. The van der Waals surface area contributed by atoms with E-state index < -0.39 is 0 Å². The minimum atomic E-state index is 0.753. The molecule has 0 radical (unpaired) electrons. The van der Waals surface area contributed by atoms with Crippen LogP contribution < -0.4 is 5.73 Å². The van der Waals surface area contributed by atoms with Crippen molar-refractivity contribution in [3.05, 3.63) is 35.9 Å². The van der Waals surface area contributed by atoms with E-state index >= 15 is 0 Å². The summed E-state index contributed by atoms with van der Waals surface area (Å²) < 4.78 is 5.28. The third-order valence-corrected chi connectivity index (χ3v) is 4.86. The Hall–Kier alpha value is -1.66. The van der Waals surface area contributed by atoms with E-state index in [2.05, 4.69) is 27.3 Å². The molecule has 3 aromatic rings. The van der Waals surface area contributed by atoms with Crippen molar-refractivity contribution in [1.82, 2.24) is 14.3 Å². The molecule has 0 amide bonds. The van der Waals surface area contributed by atoms with Crippen molar-refractivity contribution < 1.29 is 0 Å². The molecular weight excluding hydrogens is 288 g/mol. The maximum absolute atomic E-state index is 6.02. The number of anilines is 1. The average Bonchev–Trinajstić information content (AvgIpc) is 2.90. The van der Waals surface area contributed by atoms with Crippen LogP contribution in [0.3, 0.4) is 0 Å². The van der Waals surface area contributed by atoms with Gasteiger partial charge in [-0.3, -0.25) is 4.98 Å². The zero-order valence-electron chi connectivity index (χ0n) is 11.3. The van der Waals surface area contributed by atoms with Crippen LogP contribution in [-0.2, 0) is 6.42 Å². The minimum absolute atomic E-state index is 0.753. The summed E-state index contributed by atoms with van der Waals surface area (Å²) >= 11 is 3.07. The zero-order valence-corrected chi connectivity index (χ0v) is 12.9. The fraction of sp³-hybridized carbons (Fsp3) is 0.214. The Kier molecular flexibility index (Phi) is 3.58. The molecule has 102 valence electrons. The van der Waals surface area contributed by atoms with Gasteiger partial charge in [0.1, 0.15) is 5.82 Å². The molecule has 1 aromatic carbocycles. The molecule has 0 aliphatic rings. The van der Waals surface area contributed by atoms with Gasteiger partial charge in [-0.2, -0.15) is 4.37 Å². The highest BCUT2D eigenvalue weighted by Crippen LogP contribution is 2.36. The van der Waals surface area contributed by atoms with E-state index in [1.165, 1.54) is 11.5 Å². The maximum atomic E-state index is 6.02. The first-order valence-corrected chi connectivity index (χ1v) is 7.91. The summed E-state index contributed by atoms with van der Waals surface area (Å²) in [5.74, 6) is 0.898. The Bertz CT molecular complexity index is 767. The number of aryl methyl sites for hydroxylation is 2. The van der Waals surface area contributed by atoms with Gasteiger partial charge in [0.2, 0.25) is 0 Å². The third kappa shape index (κ3) is 2.48. The van der Waals surface area contributed by atoms with E-state index in [4.69, 9.17) is 5.73 Å². The molecule has 0 aliphatic carbocycles. The second kappa shape index (κ2) is 5.38. The highest BCUT2D eigenvalue weighted by Gasteiger charge is 2.10. The van der Waals surface area contributed by atoms with Gasteiger partial charge in [-0.05, 0) is 36.7 Å². The lowest BCUT2D eigenvalue weighted by Gasteiger charge is -2.07. The summed E-state index contributed by atoms with van der Waals surface area (Å²) in [6, 6.07) is 6.02. The smallest absolute Gasteiger partial charge is 0.174 e. The van der Waals surface area contributed by atoms with Crippen LogP contribution in [0.2, 0.25) is 0 Å². The molecule has 2 aromatic heterocycles. The predicted molar refractivity (Wildman–Crippen MR) is 84.3 cm³/mol. The quantitative estimate of drug-likeness (QED) is 0.747. The number of pyridine rings is 1. The number of aromatic nitrogens is 3. The molecule has 0 bridgehead atoms. The highest BCUT2D eigenvalue weighted by atomic mass is 32.2. The Morgan fingerprint density at radius 1 is 1.30 bits per heavy atom. The number of rotatable bonds is 3. The van der Waals surface area contributed by atoms with Crippen LogP contribution in [0.4, 0.5) is 5.69 Å². The first-order valence-electron chi connectivity index (χ1n) is 6.32. The molecule has 2 heterocycles. The van der Waals surface area contributed by atoms with Gasteiger partial charge in [0, 0.05) is 39.7 Å². The molecule has 3 rings (SSSR count). The monoisotopic (exact) mass is 302 g/mol. The van der Waals surface area contributed by atoms with Crippen molar-refractivity contribution >= 4 is 39.8 Å². The van der Waals surface area contributed by atoms with E-state index in [0.717, 1.165) is 43.6 Å². The maximum Gasteiger partial charge on any atom is 0.174 e. The molecule has 6 heteroatoms. The van der Waals surface area contributed by atoms with Crippen LogP contribution in [-0.4, -0.2) is 14.3 Å². The third-order valence-electron chi connectivity index (χ3n) is 2.99. The van der Waals surface area contributed by atoms with Gasteiger partial charge in [-0.25, -0.2) is 4.98 Å². The Labute approximate surface area is 125 Å². The standard InChI is InChI=1S/C14H14N4S2/c1-3-13-17-14(20-18-13)19-12-5-4-11(15)10-7-16-8(2)6-9(10)12/h4-7H,3,15H2,1-2H3. The number of hydrogen-bond donors (Lipinski definition) is 1. The molecule has 2 N–H and O–H groups in total. The predicted octanol–water partition coefficient (Wildman–Crippen LogP) is 3.69. The molecule has 0 spiro atoms. The van der Waals surface area contributed by atoms with Crippen molar-refractivity contribution in [3.8, 4) is 0 Å². The van der Waals surface area contributed by atoms with Crippen molar-refractivity contribution in [2.24, 2.45) is 0 Å². The summed E-state index contributed by atoms with van der Waals surface area (Å²) in [6.45, 7) is 4.04. The Balaban J connectivity index is 2.06. The number of hydrogen-bond acceptors (Lipinski definition) is 6. The van der Waals surface area contributed by atoms with Gasteiger partial charge in [0.15, 0.2) is 4.34 Å². The minimum Gasteiger partial charge on any atom is -0.398 e. The van der Waals surface area contributed by atoms with Crippen molar-refractivity contribution in [2.45, 2.75) is 29.5 Å². The second-order valence-corrected chi connectivity index (χ2v) is 6.50. The molecule has 0 saturated heterocycles. The van der Waals surface area contributed by atoms with Crippen LogP contribution in [0.15, 0.2) is 33.6 Å². The molecule has 4 nitrogen and oxygen atoms in total. The number of fused-ring (bicyclic) bond motifs is 1. The number of benzene rings is 1. The second-order valence-electron chi connectivity index (χ2n) is 4.46. The Morgan fingerprint density at radius 3 is 2.90 bits per heavy atom. The molecule has 0 fully saturated rings. The largest absolute Gasteiger partial charge is 0.398 e. The van der Waals surface area contributed by atoms with Crippen LogP contribution in [0.1, 0.15) is 18.4 Å². The molecule has 0 saturated carbocycles. The van der Waals surface area contributed by atoms with E-state index in [9.17, 15) is 0 Å². The number of nitrogens with two attached hydrogens (primary N) is 1. The highest BCUT2D eigenvalue weighted by molar-refractivity contribution is 8.01. The average molecular weight is 302 g/mol. The van der Waals surface area contributed by atoms with Crippen LogP contribution in [0, 0.1) is 6.92 Å². The van der Waals surface area contributed by atoms with Crippen LogP contribution in [0.5, 0.6) is 0 Å². The molecule has 20 heavy (non-hydrogen) atoms. The van der Waals surface area contributed by atoms with Gasteiger partial charge >= 0.3 is 0 Å². The fourth-order valence-corrected chi connectivity index (χ4v) is 3.73. The molecular formula is C14H14N4S2. The number of nitrogen functional groups attached to an aromatic ring is 1. The van der Waals surface area contributed by atoms with Crippen LogP contribution in [0.25, 0.3) is 10.8 Å². The number of nitrogens with zero attached hydrogens (tertiary/aromatic N) is 3. The zero-order chi connectivity index (χ0) is 14.1. The van der Waals surface area contributed by atoms with E-state index in [0.29, 0.717) is 0 Å². The Morgan fingerprint density at radius 2 is 2.15 bits per heavy atom.